The van der Waals surface area contributed by atoms with Crippen molar-refractivity contribution in [2.45, 2.75) is 26.9 Å². The molecule has 0 unspecified atom stereocenters. The summed E-state index contributed by atoms with van der Waals surface area (Å²) in [6.07, 6.45) is 3.89. The topological polar surface area (TPSA) is 81.7 Å². The summed E-state index contributed by atoms with van der Waals surface area (Å²) in [5.74, 6) is 0.621. The number of carbonyl (C=O) groups is 1. The first-order valence-electron chi connectivity index (χ1n) is 7.85. The molecule has 1 N–H and O–H groups in total. The maximum absolute atomic E-state index is 12.3. The van der Waals surface area contributed by atoms with Gasteiger partial charge in [0.25, 0.3) is 5.91 Å². The van der Waals surface area contributed by atoms with Crippen LogP contribution in [0.25, 0.3) is 5.65 Å². The lowest BCUT2D eigenvalue weighted by Gasteiger charge is -2.05. The van der Waals surface area contributed by atoms with Gasteiger partial charge in [-0.25, -0.2) is 9.50 Å². The Balaban J connectivity index is 1.49. The van der Waals surface area contributed by atoms with Gasteiger partial charge in [-0.05, 0) is 38.5 Å². The molecule has 0 aliphatic rings. The van der Waals surface area contributed by atoms with Crippen molar-refractivity contribution in [1.82, 2.24) is 19.9 Å². The number of furan rings is 1. The fourth-order valence-electron chi connectivity index (χ4n) is 2.47. The second-order valence-electron chi connectivity index (χ2n) is 5.57. The third-order valence-electron chi connectivity index (χ3n) is 3.60. The highest BCUT2D eigenvalue weighted by Crippen LogP contribution is 2.11. The molecule has 0 aliphatic carbocycles. The Morgan fingerprint density at radius 2 is 2.29 bits per heavy atom. The van der Waals surface area contributed by atoms with Gasteiger partial charge in [0.2, 0.25) is 0 Å². The molecule has 0 saturated carbocycles. The molecule has 0 radical (unpaired) electrons. The molecule has 0 atom stereocenters. The quantitative estimate of drug-likeness (QED) is 0.673. The molecule has 24 heavy (non-hydrogen) atoms. The van der Waals surface area contributed by atoms with Crippen LogP contribution in [0, 0.1) is 13.8 Å². The van der Waals surface area contributed by atoms with Crippen molar-refractivity contribution in [2.75, 3.05) is 13.2 Å². The molecule has 126 valence electrons. The highest BCUT2D eigenvalue weighted by molar-refractivity contribution is 5.99. The average molecular weight is 328 g/mol. The molecule has 3 aromatic rings. The zero-order valence-electron chi connectivity index (χ0n) is 13.8. The van der Waals surface area contributed by atoms with Crippen LogP contribution in [0.3, 0.4) is 0 Å². The molecule has 0 spiro atoms. The number of amides is 1. The molecule has 0 aromatic carbocycles. The van der Waals surface area contributed by atoms with E-state index in [0.29, 0.717) is 31.0 Å². The summed E-state index contributed by atoms with van der Waals surface area (Å²) < 4.78 is 12.3. The van der Waals surface area contributed by atoms with E-state index >= 15 is 0 Å². The largest absolute Gasteiger partial charge is 0.467 e. The highest BCUT2D eigenvalue weighted by atomic mass is 16.5. The van der Waals surface area contributed by atoms with Gasteiger partial charge in [0.1, 0.15) is 17.9 Å². The standard InChI is InChI=1S/C17H20N4O3/c1-12-9-13(2)21-16(20-12)15(10-19-21)17(22)18-6-4-7-23-11-14-5-3-8-24-14/h3,5,8-10H,4,6-7,11H2,1-2H3,(H,18,22). The van der Waals surface area contributed by atoms with Crippen molar-refractivity contribution in [3.05, 3.63) is 53.4 Å². The van der Waals surface area contributed by atoms with Gasteiger partial charge in [0.15, 0.2) is 5.65 Å². The van der Waals surface area contributed by atoms with Gasteiger partial charge in [-0.2, -0.15) is 5.10 Å². The second-order valence-corrected chi connectivity index (χ2v) is 5.57. The van der Waals surface area contributed by atoms with Crippen LogP contribution in [-0.4, -0.2) is 33.7 Å². The lowest BCUT2D eigenvalue weighted by molar-refractivity contribution is 0.0918. The summed E-state index contributed by atoms with van der Waals surface area (Å²) in [4.78, 5) is 16.7. The Kier molecular flexibility index (Phi) is 4.90. The first kappa shape index (κ1) is 16.2. The number of rotatable bonds is 7. The van der Waals surface area contributed by atoms with Crippen LogP contribution >= 0.6 is 0 Å². The molecule has 0 aliphatic heterocycles. The number of hydrogen-bond donors (Lipinski definition) is 1. The second kappa shape index (κ2) is 7.27. The molecular formula is C17H20N4O3. The molecule has 0 saturated heterocycles. The first-order chi connectivity index (χ1) is 11.6. The van der Waals surface area contributed by atoms with Crippen molar-refractivity contribution < 1.29 is 13.9 Å². The van der Waals surface area contributed by atoms with E-state index in [1.807, 2.05) is 32.0 Å². The highest BCUT2D eigenvalue weighted by Gasteiger charge is 2.14. The van der Waals surface area contributed by atoms with Crippen LogP contribution in [0.2, 0.25) is 0 Å². The maximum atomic E-state index is 12.3. The maximum Gasteiger partial charge on any atom is 0.256 e. The number of nitrogens with one attached hydrogen (secondary N) is 1. The molecule has 7 heteroatoms. The minimum Gasteiger partial charge on any atom is -0.467 e. The normalized spacial score (nSPS) is 11.1. The Morgan fingerprint density at radius 3 is 3.08 bits per heavy atom. The van der Waals surface area contributed by atoms with E-state index in [1.54, 1.807) is 17.0 Å². The Morgan fingerprint density at radius 1 is 1.42 bits per heavy atom. The zero-order chi connectivity index (χ0) is 16.9. The van der Waals surface area contributed by atoms with Gasteiger partial charge in [0.05, 0.1) is 12.5 Å². The Bertz CT molecular complexity index is 824. The zero-order valence-corrected chi connectivity index (χ0v) is 13.8. The third-order valence-corrected chi connectivity index (χ3v) is 3.60. The third kappa shape index (κ3) is 3.62. The van der Waals surface area contributed by atoms with Gasteiger partial charge in [0, 0.05) is 24.5 Å². The van der Waals surface area contributed by atoms with Crippen molar-refractivity contribution in [3.8, 4) is 0 Å². The predicted molar refractivity (Wildman–Crippen MR) is 87.8 cm³/mol. The van der Waals surface area contributed by atoms with Crippen LogP contribution in [-0.2, 0) is 11.3 Å². The molecule has 0 fully saturated rings. The molecule has 1 amide bonds. The molecule has 3 heterocycles. The predicted octanol–water partition coefficient (Wildman–Crippen LogP) is 2.28. The van der Waals surface area contributed by atoms with E-state index in [-0.39, 0.29) is 5.91 Å². The summed E-state index contributed by atoms with van der Waals surface area (Å²) in [7, 11) is 0. The van der Waals surface area contributed by atoms with Crippen molar-refractivity contribution in [1.29, 1.82) is 0 Å². The summed E-state index contributed by atoms with van der Waals surface area (Å²) in [6.45, 7) is 5.35. The van der Waals surface area contributed by atoms with Gasteiger partial charge in [-0.3, -0.25) is 4.79 Å². The van der Waals surface area contributed by atoms with E-state index in [9.17, 15) is 4.79 Å². The van der Waals surface area contributed by atoms with E-state index in [1.165, 1.54) is 0 Å². The Labute approximate surface area is 139 Å². The minimum absolute atomic E-state index is 0.173. The molecule has 7 nitrogen and oxygen atoms in total. The van der Waals surface area contributed by atoms with Gasteiger partial charge >= 0.3 is 0 Å². The van der Waals surface area contributed by atoms with E-state index < -0.39 is 0 Å². The number of nitrogens with zero attached hydrogens (tertiary/aromatic N) is 3. The average Bonchev–Trinajstić information content (AvgIpc) is 3.19. The number of fused-ring (bicyclic) bond motifs is 1. The summed E-state index contributed by atoms with van der Waals surface area (Å²) >= 11 is 0. The van der Waals surface area contributed by atoms with Crippen molar-refractivity contribution >= 4 is 11.6 Å². The van der Waals surface area contributed by atoms with Gasteiger partial charge < -0.3 is 14.5 Å². The van der Waals surface area contributed by atoms with Crippen LogP contribution in [0.1, 0.15) is 33.9 Å². The summed E-state index contributed by atoms with van der Waals surface area (Å²) in [5, 5.41) is 7.10. The van der Waals surface area contributed by atoms with E-state index in [0.717, 1.165) is 23.6 Å². The lowest BCUT2D eigenvalue weighted by Crippen LogP contribution is -2.25. The summed E-state index contributed by atoms with van der Waals surface area (Å²) in [6, 6.07) is 5.62. The van der Waals surface area contributed by atoms with Crippen molar-refractivity contribution in [3.63, 3.8) is 0 Å². The number of ether oxygens (including phenoxy) is 1. The first-order valence-corrected chi connectivity index (χ1v) is 7.85. The van der Waals surface area contributed by atoms with Gasteiger partial charge in [-0.1, -0.05) is 0 Å². The van der Waals surface area contributed by atoms with E-state index in [2.05, 4.69) is 15.4 Å². The van der Waals surface area contributed by atoms with Crippen LogP contribution in [0.15, 0.2) is 35.1 Å². The van der Waals surface area contributed by atoms with Gasteiger partial charge in [-0.15, -0.1) is 0 Å². The lowest BCUT2D eigenvalue weighted by atomic mass is 10.3. The van der Waals surface area contributed by atoms with Crippen molar-refractivity contribution in [2.24, 2.45) is 0 Å². The van der Waals surface area contributed by atoms with Crippen LogP contribution in [0.5, 0.6) is 0 Å². The minimum atomic E-state index is -0.173. The number of hydrogen-bond acceptors (Lipinski definition) is 5. The van der Waals surface area contributed by atoms with Crippen LogP contribution < -0.4 is 5.32 Å². The number of carbonyl (C=O) groups excluding carboxylic acids is 1. The SMILES string of the molecule is Cc1cc(C)n2ncc(C(=O)NCCCOCc3ccco3)c2n1. The monoisotopic (exact) mass is 328 g/mol. The fourth-order valence-corrected chi connectivity index (χ4v) is 2.47. The smallest absolute Gasteiger partial charge is 0.256 e. The van der Waals surface area contributed by atoms with Crippen LogP contribution in [0.4, 0.5) is 0 Å². The fraction of sp³-hybridized carbons (Fsp3) is 0.353. The molecule has 3 aromatic heterocycles. The molecular weight excluding hydrogens is 308 g/mol. The van der Waals surface area contributed by atoms with E-state index in [4.69, 9.17) is 9.15 Å². The number of aryl methyl sites for hydroxylation is 2. The molecule has 3 rings (SSSR count). The number of aromatic nitrogens is 3. The summed E-state index contributed by atoms with van der Waals surface area (Å²) in [5.41, 5.74) is 2.88. The Hall–Kier alpha value is -2.67. The molecule has 0 bridgehead atoms.